The van der Waals surface area contributed by atoms with Crippen LogP contribution >= 0.6 is 15.9 Å². The Kier molecular flexibility index (Phi) is 5.09. The van der Waals surface area contributed by atoms with Gasteiger partial charge in [0.25, 0.3) is 0 Å². The van der Waals surface area contributed by atoms with Crippen LogP contribution in [0.25, 0.3) is 0 Å². The summed E-state index contributed by atoms with van der Waals surface area (Å²) in [5.41, 5.74) is -0.143. The minimum absolute atomic E-state index is 0.0654. The Bertz CT molecular complexity index is 631. The first-order chi connectivity index (χ1) is 9.86. The van der Waals surface area contributed by atoms with Crippen molar-refractivity contribution >= 4 is 31.7 Å². The molecule has 2 rings (SSSR count). The number of benzene rings is 1. The number of sulfone groups is 1. The number of carboxylic acid groups (broad SMARTS) is 1. The fourth-order valence-electron chi connectivity index (χ4n) is 2.94. The number of aromatic carboxylic acids is 1. The van der Waals surface area contributed by atoms with Crippen LogP contribution in [-0.4, -0.2) is 24.7 Å². The molecule has 1 fully saturated rings. The van der Waals surface area contributed by atoms with Crippen LogP contribution < -0.4 is 0 Å². The molecule has 116 valence electrons. The number of halogens is 1. The summed E-state index contributed by atoms with van der Waals surface area (Å²) in [5.74, 6) is -0.610. The van der Waals surface area contributed by atoms with E-state index in [0.717, 1.165) is 19.3 Å². The second-order valence-electron chi connectivity index (χ2n) is 5.54. The molecule has 21 heavy (non-hydrogen) atoms. The van der Waals surface area contributed by atoms with Crippen LogP contribution in [0.5, 0.6) is 0 Å². The lowest BCUT2D eigenvalue weighted by molar-refractivity contribution is 0.0692. The zero-order chi connectivity index (χ0) is 15.6. The van der Waals surface area contributed by atoms with E-state index in [9.17, 15) is 18.3 Å². The largest absolute Gasteiger partial charge is 0.478 e. The Hall–Kier alpha value is -0.880. The van der Waals surface area contributed by atoms with E-state index in [0.29, 0.717) is 23.2 Å². The van der Waals surface area contributed by atoms with Crippen LogP contribution in [0.2, 0.25) is 0 Å². The molecular formula is C15H19BrO4S. The summed E-state index contributed by atoms with van der Waals surface area (Å²) < 4.78 is 26.1. The molecule has 0 bridgehead atoms. The van der Waals surface area contributed by atoms with Gasteiger partial charge in [0.15, 0.2) is 9.84 Å². The van der Waals surface area contributed by atoms with Crippen molar-refractivity contribution in [2.45, 2.75) is 49.2 Å². The van der Waals surface area contributed by atoms with Gasteiger partial charge in [0.1, 0.15) is 0 Å². The highest BCUT2D eigenvalue weighted by atomic mass is 79.9. The minimum atomic E-state index is -3.60. The van der Waals surface area contributed by atoms with Crippen LogP contribution in [-0.2, 0) is 9.84 Å². The molecule has 4 nitrogen and oxygen atoms in total. The van der Waals surface area contributed by atoms with Crippen LogP contribution in [0.1, 0.15) is 49.4 Å². The van der Waals surface area contributed by atoms with Gasteiger partial charge < -0.3 is 5.11 Å². The number of carboxylic acids is 1. The second-order valence-corrected chi connectivity index (χ2v) is 8.65. The molecule has 0 spiro atoms. The predicted molar refractivity (Wildman–Crippen MR) is 84.3 cm³/mol. The van der Waals surface area contributed by atoms with Crippen LogP contribution in [0, 0.1) is 5.92 Å². The van der Waals surface area contributed by atoms with Crippen molar-refractivity contribution in [1.29, 1.82) is 0 Å². The third kappa shape index (κ3) is 3.48. The van der Waals surface area contributed by atoms with Gasteiger partial charge in [-0.15, -0.1) is 0 Å². The lowest BCUT2D eigenvalue weighted by atomic mass is 9.87. The number of hydrogen-bond acceptors (Lipinski definition) is 3. The molecule has 0 radical (unpaired) electrons. The predicted octanol–water partition coefficient (Wildman–Crippen LogP) is 3.89. The average molecular weight is 375 g/mol. The molecule has 0 aliphatic heterocycles. The first kappa shape index (κ1) is 16.5. The van der Waals surface area contributed by atoms with Crippen molar-refractivity contribution in [3.05, 3.63) is 28.2 Å². The van der Waals surface area contributed by atoms with Crippen molar-refractivity contribution in [3.63, 3.8) is 0 Å². The molecule has 1 N–H and O–H groups in total. The van der Waals surface area contributed by atoms with Gasteiger partial charge in [0, 0.05) is 4.47 Å². The van der Waals surface area contributed by atoms with Gasteiger partial charge in [0.05, 0.1) is 15.7 Å². The summed E-state index contributed by atoms with van der Waals surface area (Å²) in [6.45, 7) is 2.12. The van der Waals surface area contributed by atoms with Crippen molar-refractivity contribution in [2.24, 2.45) is 5.92 Å². The highest BCUT2D eigenvalue weighted by Gasteiger charge is 2.34. The summed E-state index contributed by atoms with van der Waals surface area (Å²) in [4.78, 5) is 11.2. The highest BCUT2D eigenvalue weighted by Crippen LogP contribution is 2.35. The first-order valence-corrected chi connectivity index (χ1v) is 9.47. The maximum Gasteiger partial charge on any atom is 0.337 e. The Balaban J connectivity index is 2.36. The molecule has 1 aromatic rings. The summed E-state index contributed by atoms with van der Waals surface area (Å²) in [5, 5.41) is 8.75. The topological polar surface area (TPSA) is 71.4 Å². The molecule has 0 aromatic heterocycles. The van der Waals surface area contributed by atoms with E-state index >= 15 is 0 Å². The molecule has 1 aromatic carbocycles. The zero-order valence-corrected chi connectivity index (χ0v) is 14.3. The van der Waals surface area contributed by atoms with E-state index in [-0.39, 0.29) is 10.5 Å². The van der Waals surface area contributed by atoms with Crippen molar-refractivity contribution < 1.29 is 18.3 Å². The van der Waals surface area contributed by atoms with Crippen molar-refractivity contribution in [1.82, 2.24) is 0 Å². The van der Waals surface area contributed by atoms with Crippen molar-refractivity contribution in [3.8, 4) is 0 Å². The maximum absolute atomic E-state index is 12.8. The van der Waals surface area contributed by atoms with Gasteiger partial charge in [-0.3, -0.25) is 0 Å². The second kappa shape index (κ2) is 6.48. The van der Waals surface area contributed by atoms with E-state index in [1.165, 1.54) is 12.1 Å². The molecule has 1 saturated carbocycles. The fraction of sp³-hybridized carbons (Fsp3) is 0.533. The molecule has 0 unspecified atom stereocenters. The Morgan fingerprint density at radius 3 is 2.43 bits per heavy atom. The standard InChI is InChI=1S/C15H19BrO4S/c1-2-10-3-6-12(7-4-10)21(19,20)14-9-11(16)5-8-13(14)15(17)18/h5,8-10,12H,2-4,6-7H2,1H3,(H,17,18). The van der Waals surface area contributed by atoms with E-state index in [4.69, 9.17) is 0 Å². The highest BCUT2D eigenvalue weighted by molar-refractivity contribution is 9.10. The molecule has 0 atom stereocenters. The van der Waals surface area contributed by atoms with Gasteiger partial charge in [-0.2, -0.15) is 0 Å². The van der Waals surface area contributed by atoms with Crippen LogP contribution in [0.3, 0.4) is 0 Å². The van der Waals surface area contributed by atoms with E-state index < -0.39 is 21.1 Å². The van der Waals surface area contributed by atoms with Gasteiger partial charge in [-0.1, -0.05) is 29.3 Å². The molecule has 6 heteroatoms. The SMILES string of the molecule is CCC1CCC(S(=O)(=O)c2cc(Br)ccc2C(=O)O)CC1. The Labute approximate surface area is 133 Å². The molecule has 1 aliphatic rings. The monoisotopic (exact) mass is 374 g/mol. The Morgan fingerprint density at radius 1 is 1.29 bits per heavy atom. The smallest absolute Gasteiger partial charge is 0.337 e. The van der Waals surface area contributed by atoms with Gasteiger partial charge in [-0.25, -0.2) is 13.2 Å². The fourth-order valence-corrected chi connectivity index (χ4v) is 5.46. The van der Waals surface area contributed by atoms with E-state index in [1.807, 2.05) is 0 Å². The number of hydrogen-bond donors (Lipinski definition) is 1. The molecular weight excluding hydrogens is 356 g/mol. The summed E-state index contributed by atoms with van der Waals surface area (Å²) >= 11 is 3.23. The lowest BCUT2D eigenvalue weighted by Crippen LogP contribution is -2.28. The molecule has 0 heterocycles. The van der Waals surface area contributed by atoms with Crippen LogP contribution in [0.4, 0.5) is 0 Å². The van der Waals surface area contributed by atoms with Gasteiger partial charge >= 0.3 is 5.97 Å². The van der Waals surface area contributed by atoms with Crippen molar-refractivity contribution in [2.75, 3.05) is 0 Å². The zero-order valence-electron chi connectivity index (χ0n) is 11.9. The summed E-state index contributed by atoms with van der Waals surface area (Å²) in [7, 11) is -3.60. The third-order valence-electron chi connectivity index (χ3n) is 4.29. The molecule has 0 saturated heterocycles. The average Bonchev–Trinajstić information content (AvgIpc) is 2.47. The first-order valence-electron chi connectivity index (χ1n) is 7.13. The van der Waals surface area contributed by atoms with E-state index in [1.54, 1.807) is 6.07 Å². The van der Waals surface area contributed by atoms with E-state index in [2.05, 4.69) is 22.9 Å². The molecule has 1 aliphatic carbocycles. The maximum atomic E-state index is 12.8. The quantitative estimate of drug-likeness (QED) is 0.867. The number of rotatable bonds is 4. The normalized spacial score (nSPS) is 23.0. The minimum Gasteiger partial charge on any atom is -0.478 e. The molecule has 0 amide bonds. The Morgan fingerprint density at radius 2 is 1.90 bits per heavy atom. The van der Waals surface area contributed by atoms with Crippen LogP contribution in [0.15, 0.2) is 27.6 Å². The van der Waals surface area contributed by atoms with Gasteiger partial charge in [-0.05, 0) is 49.8 Å². The summed E-state index contributed by atoms with van der Waals surface area (Å²) in [6.07, 6.45) is 4.11. The number of carbonyl (C=O) groups is 1. The summed E-state index contributed by atoms with van der Waals surface area (Å²) in [6, 6.07) is 4.30. The lowest BCUT2D eigenvalue weighted by Gasteiger charge is -2.28. The van der Waals surface area contributed by atoms with Gasteiger partial charge in [0.2, 0.25) is 0 Å². The third-order valence-corrected chi connectivity index (χ3v) is 7.08.